The number of carbonyl (C=O) groups is 1. The van der Waals surface area contributed by atoms with E-state index in [9.17, 15) is 14.3 Å². The summed E-state index contributed by atoms with van der Waals surface area (Å²) in [5.41, 5.74) is 3.26. The van der Waals surface area contributed by atoms with Crippen molar-refractivity contribution in [2.75, 3.05) is 0 Å². The van der Waals surface area contributed by atoms with Gasteiger partial charge < -0.3 is 15.2 Å². The molecule has 0 saturated carbocycles. The molecule has 134 valence electrons. The average molecular weight is 353 g/mol. The van der Waals surface area contributed by atoms with Crippen LogP contribution in [-0.4, -0.2) is 11.1 Å². The maximum absolute atomic E-state index is 13.3. The van der Waals surface area contributed by atoms with E-state index < -0.39 is 11.9 Å². The van der Waals surface area contributed by atoms with Crippen molar-refractivity contribution in [3.63, 3.8) is 0 Å². The second kappa shape index (κ2) is 7.44. The molecule has 0 saturated heterocycles. The Kier molecular flexibility index (Phi) is 5.07. The first-order valence-corrected chi connectivity index (χ1v) is 8.31. The molecule has 5 heteroatoms. The van der Waals surface area contributed by atoms with Crippen LogP contribution >= 0.6 is 0 Å². The maximum Gasteiger partial charge on any atom is 0.334 e. The highest BCUT2D eigenvalue weighted by Crippen LogP contribution is 2.37. The third-order valence-corrected chi connectivity index (χ3v) is 4.28. The van der Waals surface area contributed by atoms with E-state index in [1.807, 2.05) is 31.2 Å². The van der Waals surface area contributed by atoms with E-state index in [1.165, 1.54) is 12.1 Å². The van der Waals surface area contributed by atoms with E-state index in [-0.39, 0.29) is 18.0 Å². The number of carboxylic acids is 1. The average Bonchev–Trinajstić information content (AvgIpc) is 2.59. The summed E-state index contributed by atoms with van der Waals surface area (Å²) < 4.78 is 19.2. The van der Waals surface area contributed by atoms with Crippen molar-refractivity contribution >= 4 is 5.97 Å². The topological polar surface area (TPSA) is 58.6 Å². The molecule has 3 rings (SSSR count). The van der Waals surface area contributed by atoms with Crippen LogP contribution in [0.2, 0.25) is 0 Å². The molecular weight excluding hydrogens is 333 g/mol. The number of nitrogens with one attached hydrogen (secondary N) is 1. The first kappa shape index (κ1) is 17.7. The molecule has 2 aromatic rings. The first-order chi connectivity index (χ1) is 12.5. The Morgan fingerprint density at radius 3 is 2.69 bits per heavy atom. The Labute approximate surface area is 151 Å². The van der Waals surface area contributed by atoms with Crippen molar-refractivity contribution in [2.45, 2.75) is 26.4 Å². The highest BCUT2D eigenvalue weighted by atomic mass is 19.1. The number of dihydropyridines is 1. The molecule has 2 aromatic carbocycles. The predicted molar refractivity (Wildman–Crippen MR) is 97.1 cm³/mol. The van der Waals surface area contributed by atoms with Crippen LogP contribution < -0.4 is 10.1 Å². The van der Waals surface area contributed by atoms with Crippen molar-refractivity contribution in [3.05, 3.63) is 88.5 Å². The van der Waals surface area contributed by atoms with Crippen LogP contribution in [0.4, 0.5) is 4.39 Å². The third-order valence-electron chi connectivity index (χ3n) is 4.28. The van der Waals surface area contributed by atoms with Crippen LogP contribution in [0.15, 0.2) is 71.6 Å². The van der Waals surface area contributed by atoms with Crippen molar-refractivity contribution in [2.24, 2.45) is 0 Å². The van der Waals surface area contributed by atoms with Gasteiger partial charge in [-0.05, 0) is 37.6 Å². The fraction of sp³-hybridized carbons (Fsp3) is 0.190. The molecule has 1 atom stereocenters. The molecule has 0 radical (unpaired) electrons. The van der Waals surface area contributed by atoms with Gasteiger partial charge in [0.15, 0.2) is 0 Å². The van der Waals surface area contributed by atoms with Gasteiger partial charge in [0.25, 0.3) is 0 Å². The summed E-state index contributed by atoms with van der Waals surface area (Å²) in [6.07, 6.45) is 1.88. The summed E-state index contributed by atoms with van der Waals surface area (Å²) in [6, 6.07) is 13.6. The van der Waals surface area contributed by atoms with Crippen LogP contribution in [0.25, 0.3) is 0 Å². The largest absolute Gasteiger partial charge is 0.489 e. The van der Waals surface area contributed by atoms with Gasteiger partial charge in [0.05, 0.1) is 5.57 Å². The van der Waals surface area contributed by atoms with Gasteiger partial charge in [-0.2, -0.15) is 0 Å². The maximum atomic E-state index is 13.3. The van der Waals surface area contributed by atoms with Gasteiger partial charge in [-0.15, -0.1) is 0 Å². The minimum Gasteiger partial charge on any atom is -0.489 e. The Morgan fingerprint density at radius 1 is 1.19 bits per heavy atom. The summed E-state index contributed by atoms with van der Waals surface area (Å²) in [6.45, 7) is 3.85. The normalized spacial score (nSPS) is 16.7. The van der Waals surface area contributed by atoms with Crippen molar-refractivity contribution in [3.8, 4) is 5.75 Å². The molecule has 1 aliphatic heterocycles. The van der Waals surface area contributed by atoms with Crippen LogP contribution in [0, 0.1) is 5.82 Å². The molecule has 0 spiro atoms. The van der Waals surface area contributed by atoms with Gasteiger partial charge in [-0.1, -0.05) is 36.4 Å². The zero-order valence-corrected chi connectivity index (χ0v) is 14.6. The third kappa shape index (κ3) is 3.77. The number of rotatable bonds is 5. The van der Waals surface area contributed by atoms with Crippen LogP contribution in [0.1, 0.15) is 30.9 Å². The minimum atomic E-state index is -0.969. The fourth-order valence-corrected chi connectivity index (χ4v) is 3.17. The number of benzene rings is 2. The Hall–Kier alpha value is -3.08. The molecule has 2 N–H and O–H groups in total. The second-order valence-electron chi connectivity index (χ2n) is 6.25. The van der Waals surface area contributed by atoms with E-state index in [4.69, 9.17) is 4.74 Å². The lowest BCUT2D eigenvalue weighted by Crippen LogP contribution is -2.24. The Balaban J connectivity index is 1.93. The number of hydrogen-bond donors (Lipinski definition) is 2. The highest BCUT2D eigenvalue weighted by Gasteiger charge is 2.28. The fourth-order valence-electron chi connectivity index (χ4n) is 3.17. The first-order valence-electron chi connectivity index (χ1n) is 8.31. The molecule has 4 nitrogen and oxygen atoms in total. The summed E-state index contributed by atoms with van der Waals surface area (Å²) in [7, 11) is 0. The van der Waals surface area contributed by atoms with E-state index >= 15 is 0 Å². The molecule has 1 aliphatic rings. The monoisotopic (exact) mass is 353 g/mol. The number of para-hydroxylation sites is 1. The van der Waals surface area contributed by atoms with Crippen molar-refractivity contribution in [1.29, 1.82) is 0 Å². The molecule has 1 unspecified atom stereocenters. The number of aliphatic carboxylic acids is 1. The zero-order valence-electron chi connectivity index (χ0n) is 14.6. The Bertz CT molecular complexity index is 902. The summed E-state index contributed by atoms with van der Waals surface area (Å²) in [5.74, 6) is -1.12. The van der Waals surface area contributed by atoms with E-state index in [0.29, 0.717) is 17.0 Å². The molecular formula is C21H20FNO3. The Morgan fingerprint density at radius 2 is 1.96 bits per heavy atom. The van der Waals surface area contributed by atoms with Crippen LogP contribution in [0.5, 0.6) is 5.75 Å². The number of allylic oxidation sites excluding steroid dienone is 3. The van der Waals surface area contributed by atoms with E-state index in [2.05, 4.69) is 5.32 Å². The number of halogens is 1. The van der Waals surface area contributed by atoms with E-state index in [1.54, 1.807) is 25.1 Å². The lowest BCUT2D eigenvalue weighted by Gasteiger charge is -2.26. The lowest BCUT2D eigenvalue weighted by atomic mass is 9.86. The van der Waals surface area contributed by atoms with E-state index in [0.717, 1.165) is 11.3 Å². The molecule has 1 heterocycles. The second-order valence-corrected chi connectivity index (χ2v) is 6.25. The highest BCUT2D eigenvalue weighted by molar-refractivity contribution is 5.90. The van der Waals surface area contributed by atoms with Gasteiger partial charge >= 0.3 is 5.97 Å². The molecule has 0 bridgehead atoms. The summed E-state index contributed by atoms with van der Waals surface area (Å²) in [5, 5.41) is 12.7. The zero-order chi connectivity index (χ0) is 18.7. The standard InChI is InChI=1S/C21H20FNO3/c1-13-10-18(20(21(24)25)14(2)23-13)17-8-3-4-9-19(17)26-12-15-6-5-7-16(22)11-15/h3-11,18,23H,12H2,1-2H3,(H,24,25). The molecule has 0 aliphatic carbocycles. The van der Waals surface area contributed by atoms with Crippen molar-refractivity contribution < 1.29 is 19.0 Å². The molecule has 0 fully saturated rings. The number of ether oxygens (including phenoxy) is 1. The number of hydrogen-bond acceptors (Lipinski definition) is 3. The summed E-state index contributed by atoms with van der Waals surface area (Å²) in [4.78, 5) is 11.8. The molecule has 0 aromatic heterocycles. The van der Waals surface area contributed by atoms with Crippen LogP contribution in [-0.2, 0) is 11.4 Å². The predicted octanol–water partition coefficient (Wildman–Crippen LogP) is 4.35. The van der Waals surface area contributed by atoms with Gasteiger partial charge in [0.2, 0.25) is 0 Å². The van der Waals surface area contributed by atoms with Gasteiger partial charge in [-0.25, -0.2) is 9.18 Å². The molecule has 0 amide bonds. The number of carboxylic acid groups (broad SMARTS) is 1. The SMILES string of the molecule is CC1=CC(c2ccccc2OCc2cccc(F)c2)C(C(=O)O)=C(C)N1. The molecule has 26 heavy (non-hydrogen) atoms. The van der Waals surface area contributed by atoms with Crippen LogP contribution in [0.3, 0.4) is 0 Å². The van der Waals surface area contributed by atoms with Gasteiger partial charge in [0.1, 0.15) is 18.2 Å². The minimum absolute atomic E-state index is 0.202. The van der Waals surface area contributed by atoms with Gasteiger partial charge in [-0.3, -0.25) is 0 Å². The quantitative estimate of drug-likeness (QED) is 0.839. The van der Waals surface area contributed by atoms with Gasteiger partial charge in [0, 0.05) is 22.9 Å². The van der Waals surface area contributed by atoms with Crippen molar-refractivity contribution in [1.82, 2.24) is 5.32 Å². The lowest BCUT2D eigenvalue weighted by molar-refractivity contribution is -0.133. The smallest absolute Gasteiger partial charge is 0.334 e. The summed E-state index contributed by atoms with van der Waals surface area (Å²) >= 11 is 0.